The molecule has 7 heteroatoms. The van der Waals surface area contributed by atoms with Crippen LogP contribution in [0.25, 0.3) is 10.6 Å². The van der Waals surface area contributed by atoms with Crippen molar-refractivity contribution in [2.24, 2.45) is 0 Å². The number of benzene rings is 1. The molecule has 3 aromatic rings. The molecule has 2 aromatic heterocycles. The predicted octanol–water partition coefficient (Wildman–Crippen LogP) is 4.26. The molecular formula is C17H15FN2O2S2. The number of carbonyl (C=O) groups is 1. The number of methoxy groups -OCH3 is 1. The lowest BCUT2D eigenvalue weighted by atomic mass is 10.2. The number of ether oxygens (including phenoxy) is 1. The molecule has 4 nitrogen and oxygen atoms in total. The van der Waals surface area contributed by atoms with E-state index in [0.717, 1.165) is 20.5 Å². The number of hydrogen-bond acceptors (Lipinski definition) is 5. The maximum Gasteiger partial charge on any atom is 0.255 e. The van der Waals surface area contributed by atoms with Crippen molar-refractivity contribution in [1.29, 1.82) is 0 Å². The number of halogens is 1. The average molecular weight is 362 g/mol. The van der Waals surface area contributed by atoms with Gasteiger partial charge in [0.15, 0.2) is 0 Å². The number of carbonyl (C=O) groups excluding carboxylic acids is 1. The molecule has 0 aliphatic rings. The quantitative estimate of drug-likeness (QED) is 0.738. The summed E-state index contributed by atoms with van der Waals surface area (Å²) in [6.45, 7) is 2.33. The third kappa shape index (κ3) is 3.63. The van der Waals surface area contributed by atoms with Crippen LogP contribution in [0, 0.1) is 12.7 Å². The first-order valence-corrected chi connectivity index (χ1v) is 8.89. The van der Waals surface area contributed by atoms with E-state index in [9.17, 15) is 9.18 Å². The van der Waals surface area contributed by atoms with Crippen molar-refractivity contribution in [2.45, 2.75) is 13.5 Å². The molecule has 0 atom stereocenters. The Hall–Kier alpha value is -2.25. The molecule has 0 spiro atoms. The molecule has 0 unspecified atom stereocenters. The highest BCUT2D eigenvalue weighted by Crippen LogP contribution is 2.29. The molecule has 1 N–H and O–H groups in total. The van der Waals surface area contributed by atoms with Gasteiger partial charge in [-0.1, -0.05) is 0 Å². The molecule has 0 radical (unpaired) electrons. The minimum Gasteiger partial charge on any atom is -0.496 e. The Morgan fingerprint density at radius 2 is 2.17 bits per heavy atom. The lowest BCUT2D eigenvalue weighted by Crippen LogP contribution is -2.23. The zero-order chi connectivity index (χ0) is 17.1. The van der Waals surface area contributed by atoms with Crippen LogP contribution in [0.4, 0.5) is 4.39 Å². The molecule has 24 heavy (non-hydrogen) atoms. The fourth-order valence-electron chi connectivity index (χ4n) is 2.21. The van der Waals surface area contributed by atoms with Crippen molar-refractivity contribution in [3.05, 3.63) is 57.0 Å². The third-order valence-corrected chi connectivity index (χ3v) is 5.24. The van der Waals surface area contributed by atoms with Gasteiger partial charge in [0.2, 0.25) is 0 Å². The second kappa shape index (κ2) is 7.11. The van der Waals surface area contributed by atoms with E-state index in [1.54, 1.807) is 22.7 Å². The molecule has 0 fully saturated rings. The zero-order valence-corrected chi connectivity index (χ0v) is 14.8. The smallest absolute Gasteiger partial charge is 0.255 e. The first-order chi connectivity index (χ1) is 11.6. The van der Waals surface area contributed by atoms with Gasteiger partial charge in [-0.3, -0.25) is 4.79 Å². The fraction of sp³-hybridized carbons (Fsp3) is 0.176. The minimum atomic E-state index is -0.474. The SMILES string of the molecule is COc1ccc(F)cc1C(=O)NCc1ccc(-c2csc(C)n2)s1. The van der Waals surface area contributed by atoms with Gasteiger partial charge in [-0.25, -0.2) is 9.37 Å². The van der Waals surface area contributed by atoms with Crippen LogP contribution in [0.2, 0.25) is 0 Å². The second-order valence-corrected chi connectivity index (χ2v) is 7.28. The van der Waals surface area contributed by atoms with Crippen LogP contribution in [0.1, 0.15) is 20.2 Å². The van der Waals surface area contributed by atoms with E-state index >= 15 is 0 Å². The zero-order valence-electron chi connectivity index (χ0n) is 13.1. The van der Waals surface area contributed by atoms with Gasteiger partial charge < -0.3 is 10.1 Å². The summed E-state index contributed by atoms with van der Waals surface area (Å²) in [6, 6.07) is 7.82. The molecule has 0 saturated carbocycles. The summed E-state index contributed by atoms with van der Waals surface area (Å²) >= 11 is 3.18. The summed E-state index contributed by atoms with van der Waals surface area (Å²) in [7, 11) is 1.45. The summed E-state index contributed by atoms with van der Waals surface area (Å²) in [4.78, 5) is 18.8. The average Bonchev–Trinajstić information content (AvgIpc) is 3.21. The van der Waals surface area contributed by atoms with E-state index in [1.807, 2.05) is 24.4 Å². The number of nitrogens with zero attached hydrogens (tertiary/aromatic N) is 1. The van der Waals surface area contributed by atoms with E-state index in [0.29, 0.717) is 12.3 Å². The number of hydrogen-bond donors (Lipinski definition) is 1. The van der Waals surface area contributed by atoms with Crippen LogP contribution >= 0.6 is 22.7 Å². The molecule has 1 amide bonds. The molecule has 0 aliphatic heterocycles. The van der Waals surface area contributed by atoms with E-state index < -0.39 is 5.82 Å². The van der Waals surface area contributed by atoms with Crippen LogP contribution in [0.15, 0.2) is 35.7 Å². The second-order valence-electron chi connectivity index (χ2n) is 5.05. The van der Waals surface area contributed by atoms with Crippen LogP contribution < -0.4 is 10.1 Å². The van der Waals surface area contributed by atoms with Gasteiger partial charge in [0.05, 0.1) is 34.8 Å². The van der Waals surface area contributed by atoms with Crippen LogP contribution in [0.5, 0.6) is 5.75 Å². The Morgan fingerprint density at radius 3 is 2.88 bits per heavy atom. The van der Waals surface area contributed by atoms with Crippen molar-refractivity contribution in [1.82, 2.24) is 10.3 Å². The molecule has 124 valence electrons. The number of thiophene rings is 1. The van der Waals surface area contributed by atoms with Crippen molar-refractivity contribution in [3.63, 3.8) is 0 Å². The van der Waals surface area contributed by atoms with Gasteiger partial charge in [0, 0.05) is 10.3 Å². The predicted molar refractivity (Wildman–Crippen MR) is 94.3 cm³/mol. The molecule has 0 bridgehead atoms. The Kier molecular flexibility index (Phi) is 4.92. The lowest BCUT2D eigenvalue weighted by molar-refractivity contribution is 0.0947. The maximum atomic E-state index is 13.4. The van der Waals surface area contributed by atoms with Gasteiger partial charge in [0.1, 0.15) is 11.6 Å². The number of aromatic nitrogens is 1. The maximum absolute atomic E-state index is 13.4. The number of nitrogens with one attached hydrogen (secondary N) is 1. The number of thiazole rings is 1. The van der Waals surface area contributed by atoms with Gasteiger partial charge in [0.25, 0.3) is 5.91 Å². The first-order valence-electron chi connectivity index (χ1n) is 7.20. The minimum absolute atomic E-state index is 0.185. The van der Waals surface area contributed by atoms with Crippen molar-refractivity contribution in [3.8, 4) is 16.3 Å². The fourth-order valence-corrected chi connectivity index (χ4v) is 3.80. The van der Waals surface area contributed by atoms with E-state index in [4.69, 9.17) is 4.74 Å². The number of rotatable bonds is 5. The lowest BCUT2D eigenvalue weighted by Gasteiger charge is -2.08. The highest BCUT2D eigenvalue weighted by molar-refractivity contribution is 7.16. The normalized spacial score (nSPS) is 10.6. The Labute approximate surface area is 146 Å². The topological polar surface area (TPSA) is 51.2 Å². The highest BCUT2D eigenvalue weighted by Gasteiger charge is 2.14. The molecule has 1 aromatic carbocycles. The van der Waals surface area contributed by atoms with E-state index in [1.165, 1.54) is 25.3 Å². The Morgan fingerprint density at radius 1 is 1.33 bits per heavy atom. The molecule has 2 heterocycles. The van der Waals surface area contributed by atoms with Gasteiger partial charge in [-0.05, 0) is 37.3 Å². The van der Waals surface area contributed by atoms with E-state index in [-0.39, 0.29) is 11.5 Å². The molecular weight excluding hydrogens is 347 g/mol. The molecule has 0 aliphatic carbocycles. The monoisotopic (exact) mass is 362 g/mol. The summed E-state index contributed by atoms with van der Waals surface area (Å²) in [5.74, 6) is -0.497. The molecule has 3 rings (SSSR count). The van der Waals surface area contributed by atoms with Crippen LogP contribution in [0.3, 0.4) is 0 Å². The van der Waals surface area contributed by atoms with E-state index in [2.05, 4.69) is 10.3 Å². The standard InChI is InChI=1S/C17H15FN2O2S2/c1-10-20-14(9-23-10)16-6-4-12(24-16)8-19-17(21)13-7-11(18)3-5-15(13)22-2/h3-7,9H,8H2,1-2H3,(H,19,21). The highest BCUT2D eigenvalue weighted by atomic mass is 32.1. The molecule has 0 saturated heterocycles. The van der Waals surface area contributed by atoms with Crippen LogP contribution in [-0.4, -0.2) is 18.0 Å². The summed E-state index contributed by atoms with van der Waals surface area (Å²) in [5, 5.41) is 5.83. The number of aryl methyl sites for hydroxylation is 1. The van der Waals surface area contributed by atoms with Gasteiger partial charge >= 0.3 is 0 Å². The van der Waals surface area contributed by atoms with Crippen molar-refractivity contribution in [2.75, 3.05) is 7.11 Å². The van der Waals surface area contributed by atoms with Crippen LogP contribution in [-0.2, 0) is 6.54 Å². The Balaban J connectivity index is 1.69. The summed E-state index contributed by atoms with van der Waals surface area (Å²) < 4.78 is 18.5. The summed E-state index contributed by atoms with van der Waals surface area (Å²) in [6.07, 6.45) is 0. The van der Waals surface area contributed by atoms with Crippen molar-refractivity contribution >= 4 is 28.6 Å². The summed E-state index contributed by atoms with van der Waals surface area (Å²) in [5.41, 5.74) is 1.14. The Bertz CT molecular complexity index is 873. The third-order valence-electron chi connectivity index (χ3n) is 3.36. The largest absolute Gasteiger partial charge is 0.496 e. The van der Waals surface area contributed by atoms with Gasteiger partial charge in [-0.15, -0.1) is 22.7 Å². The number of amides is 1. The van der Waals surface area contributed by atoms with Gasteiger partial charge in [-0.2, -0.15) is 0 Å². The first kappa shape index (κ1) is 16.6. The van der Waals surface area contributed by atoms with Crippen molar-refractivity contribution < 1.29 is 13.9 Å².